The average Bonchev–Trinajstić information content (AvgIpc) is 3.26. The molecular weight excluding hydrogens is 427 g/mol. The molecule has 0 atom stereocenters. The first-order chi connectivity index (χ1) is 15.7. The van der Waals surface area contributed by atoms with Crippen LogP contribution in [0, 0.1) is 17.1 Å². The van der Waals surface area contributed by atoms with Crippen molar-refractivity contribution in [1.82, 2.24) is 14.9 Å². The van der Waals surface area contributed by atoms with Crippen molar-refractivity contribution in [3.8, 4) is 28.8 Å². The van der Waals surface area contributed by atoms with Crippen molar-refractivity contribution < 1.29 is 13.9 Å². The Morgan fingerprint density at radius 3 is 2.69 bits per heavy atom. The Morgan fingerprint density at radius 2 is 1.94 bits per heavy atom. The Hall–Kier alpha value is -3.38. The molecule has 32 heavy (non-hydrogen) atoms. The molecule has 1 fully saturated rings. The second-order valence-electron chi connectivity index (χ2n) is 7.39. The summed E-state index contributed by atoms with van der Waals surface area (Å²) >= 11 is 1.51. The molecule has 0 radical (unpaired) electrons. The lowest BCUT2D eigenvalue weighted by molar-refractivity contribution is 0.0330. The van der Waals surface area contributed by atoms with Gasteiger partial charge < -0.3 is 9.47 Å². The van der Waals surface area contributed by atoms with E-state index in [1.165, 1.54) is 23.5 Å². The summed E-state index contributed by atoms with van der Waals surface area (Å²) in [6.45, 7) is 3.53. The first kappa shape index (κ1) is 20.5. The van der Waals surface area contributed by atoms with Crippen LogP contribution in [0.15, 0.2) is 53.9 Å². The minimum absolute atomic E-state index is 0.0199. The molecule has 2 aromatic heterocycles. The fraction of sp³-hybridized carbons (Fsp3) is 0.208. The van der Waals surface area contributed by atoms with Gasteiger partial charge in [-0.05, 0) is 23.8 Å². The van der Waals surface area contributed by atoms with Gasteiger partial charge in [-0.1, -0.05) is 30.3 Å². The fourth-order valence-electron chi connectivity index (χ4n) is 3.64. The largest absolute Gasteiger partial charge is 0.435 e. The van der Waals surface area contributed by atoms with Crippen LogP contribution in [0.25, 0.3) is 21.3 Å². The number of fused-ring (bicyclic) bond motifs is 1. The first-order valence-corrected chi connectivity index (χ1v) is 11.1. The third kappa shape index (κ3) is 4.18. The van der Waals surface area contributed by atoms with E-state index in [0.29, 0.717) is 31.5 Å². The molecule has 0 bridgehead atoms. The lowest BCUT2D eigenvalue weighted by atomic mass is 10.1. The smallest absolute Gasteiger partial charge is 0.232 e. The van der Waals surface area contributed by atoms with Gasteiger partial charge in [-0.25, -0.2) is 9.37 Å². The maximum absolute atomic E-state index is 14.6. The molecule has 0 unspecified atom stereocenters. The van der Waals surface area contributed by atoms with Crippen LogP contribution >= 0.6 is 11.3 Å². The first-order valence-electron chi connectivity index (χ1n) is 10.2. The average molecular weight is 447 g/mol. The zero-order chi connectivity index (χ0) is 21.9. The third-order valence-corrected chi connectivity index (χ3v) is 6.14. The lowest BCUT2D eigenvalue weighted by Gasteiger charge is -2.25. The minimum Gasteiger partial charge on any atom is -0.435 e. The van der Waals surface area contributed by atoms with Gasteiger partial charge in [-0.2, -0.15) is 10.2 Å². The normalized spacial score (nSPS) is 14.4. The molecule has 1 aliphatic heterocycles. The zero-order valence-electron chi connectivity index (χ0n) is 17.1. The number of aromatic nitrogens is 2. The molecule has 2 aromatic carbocycles. The molecule has 0 amide bonds. The molecule has 0 spiro atoms. The maximum atomic E-state index is 14.6. The predicted octanol–water partition coefficient (Wildman–Crippen LogP) is 4.99. The summed E-state index contributed by atoms with van der Waals surface area (Å²) in [6.07, 6.45) is 0. The Balaban J connectivity index is 1.59. The van der Waals surface area contributed by atoms with Crippen LogP contribution in [0.3, 0.4) is 0 Å². The van der Waals surface area contributed by atoms with E-state index < -0.39 is 5.82 Å². The number of morpholine rings is 1. The van der Waals surface area contributed by atoms with Crippen LogP contribution in [-0.4, -0.2) is 41.2 Å². The van der Waals surface area contributed by atoms with Gasteiger partial charge in [0.2, 0.25) is 5.88 Å². The Labute approximate surface area is 188 Å². The third-order valence-electron chi connectivity index (χ3n) is 5.27. The van der Waals surface area contributed by atoms with Crippen LogP contribution in [0.5, 0.6) is 11.6 Å². The van der Waals surface area contributed by atoms with Crippen molar-refractivity contribution in [3.05, 3.63) is 71.1 Å². The molecule has 1 saturated heterocycles. The van der Waals surface area contributed by atoms with Crippen molar-refractivity contribution in [3.63, 3.8) is 0 Å². The number of thiophene rings is 1. The Kier molecular flexibility index (Phi) is 5.77. The van der Waals surface area contributed by atoms with Crippen LogP contribution < -0.4 is 4.74 Å². The van der Waals surface area contributed by atoms with Gasteiger partial charge >= 0.3 is 0 Å². The van der Waals surface area contributed by atoms with Crippen LogP contribution in [0.2, 0.25) is 0 Å². The van der Waals surface area contributed by atoms with Crippen molar-refractivity contribution >= 4 is 21.6 Å². The molecule has 6 nitrogen and oxygen atoms in total. The van der Waals surface area contributed by atoms with E-state index in [1.807, 2.05) is 41.8 Å². The Bertz CT molecular complexity index is 1300. The van der Waals surface area contributed by atoms with Crippen LogP contribution in [-0.2, 0) is 11.3 Å². The molecule has 160 valence electrons. The number of nitriles is 1. The molecule has 1 aliphatic rings. The highest BCUT2D eigenvalue weighted by atomic mass is 32.1. The SMILES string of the molecule is N#Cc1ccc(Oc2nc(CN3CCOCC3)nc3scc(-c4ccccc4)c23)c(F)c1. The topological polar surface area (TPSA) is 71.3 Å². The highest BCUT2D eigenvalue weighted by Gasteiger charge is 2.20. The highest BCUT2D eigenvalue weighted by molar-refractivity contribution is 7.17. The van der Waals surface area contributed by atoms with Gasteiger partial charge in [0, 0.05) is 24.0 Å². The number of hydrogen-bond acceptors (Lipinski definition) is 7. The van der Waals surface area contributed by atoms with E-state index in [2.05, 4.69) is 4.90 Å². The van der Waals surface area contributed by atoms with Gasteiger partial charge in [-0.15, -0.1) is 11.3 Å². The summed E-state index contributed by atoms with van der Waals surface area (Å²) in [7, 11) is 0. The van der Waals surface area contributed by atoms with E-state index in [1.54, 1.807) is 0 Å². The van der Waals surface area contributed by atoms with Gasteiger partial charge in [-0.3, -0.25) is 4.90 Å². The van der Waals surface area contributed by atoms with E-state index in [4.69, 9.17) is 24.7 Å². The summed E-state index contributed by atoms with van der Waals surface area (Å²) in [6, 6.07) is 16.0. The van der Waals surface area contributed by atoms with Crippen molar-refractivity contribution in [2.24, 2.45) is 0 Å². The van der Waals surface area contributed by atoms with Crippen LogP contribution in [0.1, 0.15) is 11.4 Å². The number of rotatable bonds is 5. The summed E-state index contributed by atoms with van der Waals surface area (Å²) in [5.41, 5.74) is 2.18. The maximum Gasteiger partial charge on any atom is 0.232 e. The summed E-state index contributed by atoms with van der Waals surface area (Å²) in [4.78, 5) is 12.5. The monoisotopic (exact) mass is 446 g/mol. The van der Waals surface area contributed by atoms with Gasteiger partial charge in [0.15, 0.2) is 11.6 Å². The fourth-order valence-corrected chi connectivity index (χ4v) is 4.60. The molecule has 4 aromatic rings. The predicted molar refractivity (Wildman–Crippen MR) is 120 cm³/mol. The van der Waals surface area contributed by atoms with Gasteiger partial charge in [0.05, 0.1) is 36.8 Å². The summed E-state index contributed by atoms with van der Waals surface area (Å²) in [5, 5.41) is 11.8. The van der Waals surface area contributed by atoms with Crippen molar-refractivity contribution in [2.45, 2.75) is 6.54 Å². The second kappa shape index (κ2) is 9.01. The van der Waals surface area contributed by atoms with Crippen LogP contribution in [0.4, 0.5) is 4.39 Å². The minimum atomic E-state index is -0.609. The Morgan fingerprint density at radius 1 is 1.12 bits per heavy atom. The molecule has 0 N–H and O–H groups in total. The number of nitrogens with zero attached hydrogens (tertiary/aromatic N) is 4. The van der Waals surface area contributed by atoms with E-state index in [9.17, 15) is 4.39 Å². The van der Waals surface area contributed by atoms with Crippen molar-refractivity contribution in [2.75, 3.05) is 26.3 Å². The molecule has 3 heterocycles. The number of halogens is 1. The van der Waals surface area contributed by atoms with Gasteiger partial charge in [0.25, 0.3) is 0 Å². The van der Waals surface area contributed by atoms with E-state index in [0.717, 1.165) is 40.5 Å². The lowest BCUT2D eigenvalue weighted by Crippen LogP contribution is -2.36. The summed E-state index contributed by atoms with van der Waals surface area (Å²) < 4.78 is 26.0. The highest BCUT2D eigenvalue weighted by Crippen LogP contribution is 2.40. The second-order valence-corrected chi connectivity index (χ2v) is 8.25. The zero-order valence-corrected chi connectivity index (χ0v) is 17.9. The number of ether oxygens (including phenoxy) is 2. The molecular formula is C24H19FN4O2S. The molecule has 0 saturated carbocycles. The standard InChI is InChI=1S/C24H19FN4O2S/c25-19-12-16(13-26)6-7-20(19)31-23-22-18(17-4-2-1-3-5-17)15-32-24(22)28-21(27-23)14-29-8-10-30-11-9-29/h1-7,12,15H,8-11,14H2. The van der Waals surface area contributed by atoms with E-state index in [-0.39, 0.29) is 11.3 Å². The number of hydrogen-bond donors (Lipinski definition) is 0. The molecule has 0 aliphatic carbocycles. The molecule has 5 rings (SSSR count). The van der Waals surface area contributed by atoms with Gasteiger partial charge in [0.1, 0.15) is 10.7 Å². The molecule has 8 heteroatoms. The quantitative estimate of drug-likeness (QED) is 0.430. The number of benzene rings is 2. The van der Waals surface area contributed by atoms with E-state index >= 15 is 0 Å². The van der Waals surface area contributed by atoms with Crippen molar-refractivity contribution in [1.29, 1.82) is 5.26 Å². The summed E-state index contributed by atoms with van der Waals surface area (Å²) in [5.74, 6) is 0.334.